The molecule has 148 valence electrons. The maximum Gasteiger partial charge on any atom is 0.573 e. The summed E-state index contributed by atoms with van der Waals surface area (Å²) < 4.78 is 50.9. The van der Waals surface area contributed by atoms with Gasteiger partial charge < -0.3 is 9.47 Å². The Morgan fingerprint density at radius 3 is 2.68 bits per heavy atom. The van der Waals surface area contributed by atoms with Gasteiger partial charge in [0.25, 0.3) is 0 Å². The van der Waals surface area contributed by atoms with E-state index in [1.807, 2.05) is 15.8 Å². The Morgan fingerprint density at radius 1 is 1.11 bits per heavy atom. The second-order valence-corrected chi connectivity index (χ2v) is 8.20. The Bertz CT molecular complexity index is 943. The van der Waals surface area contributed by atoms with Crippen LogP contribution in [0.15, 0.2) is 46.9 Å². The highest BCUT2D eigenvalue weighted by molar-refractivity contribution is 7.97. The number of fused-ring (bicyclic) bond motifs is 1. The first-order chi connectivity index (χ1) is 13.5. The molecule has 10 heteroatoms. The minimum atomic E-state index is -4.71. The molecule has 0 saturated carbocycles. The molecule has 28 heavy (non-hydrogen) atoms. The third kappa shape index (κ3) is 4.68. The highest BCUT2D eigenvalue weighted by Gasteiger charge is 2.32. The minimum absolute atomic E-state index is 0.0127. The number of aromatic nitrogens is 2. The zero-order chi connectivity index (χ0) is 19.6. The van der Waals surface area contributed by atoms with Gasteiger partial charge in [0.2, 0.25) is 5.88 Å². The molecule has 0 unspecified atom stereocenters. The molecule has 2 aromatic heterocycles. The Balaban J connectivity index is 1.36. The molecular weight excluding hydrogens is 411 g/mol. The number of benzene rings is 1. The minimum Gasteiger partial charge on any atom is -0.473 e. The normalized spacial score (nSPS) is 16.4. The van der Waals surface area contributed by atoms with E-state index in [1.165, 1.54) is 30.4 Å². The van der Waals surface area contributed by atoms with Gasteiger partial charge in [-0.2, -0.15) is 0 Å². The van der Waals surface area contributed by atoms with E-state index in [-0.39, 0.29) is 11.9 Å². The molecule has 4 rings (SSSR count). The summed E-state index contributed by atoms with van der Waals surface area (Å²) in [6.07, 6.45) is -1.69. The molecule has 0 bridgehead atoms. The first-order valence-corrected chi connectivity index (χ1v) is 10.3. The van der Waals surface area contributed by atoms with Crippen LogP contribution in [0.4, 0.5) is 13.2 Å². The van der Waals surface area contributed by atoms with Gasteiger partial charge in [-0.15, -0.1) is 24.5 Å². The summed E-state index contributed by atoms with van der Waals surface area (Å²) in [5.41, 5.74) is 0.865. The second kappa shape index (κ2) is 8.14. The lowest BCUT2D eigenvalue weighted by atomic mass is 10.1. The number of alkyl halides is 3. The molecule has 5 nitrogen and oxygen atoms in total. The summed E-state index contributed by atoms with van der Waals surface area (Å²) in [7, 11) is 0. The summed E-state index contributed by atoms with van der Waals surface area (Å²) in [5.74, 6) is 0.412. The largest absolute Gasteiger partial charge is 0.573 e. The van der Waals surface area contributed by atoms with E-state index in [0.717, 1.165) is 23.1 Å². The topological polar surface area (TPSA) is 47.5 Å². The van der Waals surface area contributed by atoms with Crippen LogP contribution < -0.4 is 9.47 Å². The van der Waals surface area contributed by atoms with Crippen LogP contribution in [0, 0.1) is 0 Å². The zero-order valence-corrected chi connectivity index (χ0v) is 16.2. The number of rotatable bonds is 5. The molecule has 0 amide bonds. The number of thiophene rings is 1. The molecule has 1 aliphatic rings. The Labute approximate surface area is 167 Å². The maximum atomic E-state index is 12.6. The lowest BCUT2D eigenvalue weighted by Crippen LogP contribution is -2.34. The van der Waals surface area contributed by atoms with Crippen LogP contribution in [0.2, 0.25) is 0 Å². The third-order valence-electron chi connectivity index (χ3n) is 4.19. The van der Waals surface area contributed by atoms with Crippen molar-refractivity contribution in [2.24, 2.45) is 0 Å². The van der Waals surface area contributed by atoms with Gasteiger partial charge in [-0.25, -0.2) is 14.3 Å². The summed E-state index contributed by atoms with van der Waals surface area (Å²) in [5, 5.41) is 1.95. The number of ether oxygens (including phenoxy) is 2. The summed E-state index contributed by atoms with van der Waals surface area (Å²) in [6.45, 7) is 1.38. The van der Waals surface area contributed by atoms with Gasteiger partial charge >= 0.3 is 6.36 Å². The van der Waals surface area contributed by atoms with E-state index in [1.54, 1.807) is 23.5 Å². The molecule has 0 aliphatic carbocycles. The van der Waals surface area contributed by atoms with Crippen molar-refractivity contribution in [3.05, 3.63) is 42.0 Å². The third-order valence-corrected chi connectivity index (χ3v) is 6.24. The molecule has 3 aromatic rings. The van der Waals surface area contributed by atoms with Crippen LogP contribution in [0.3, 0.4) is 0 Å². The fraction of sp³-hybridized carbons (Fsp3) is 0.333. The Kier molecular flexibility index (Phi) is 5.61. The smallest absolute Gasteiger partial charge is 0.473 e. The number of hydrogen-bond donors (Lipinski definition) is 0. The van der Waals surface area contributed by atoms with Gasteiger partial charge in [-0.05, 0) is 48.4 Å². The van der Waals surface area contributed by atoms with E-state index in [0.29, 0.717) is 23.9 Å². The highest BCUT2D eigenvalue weighted by Crippen LogP contribution is 2.36. The highest BCUT2D eigenvalue weighted by atomic mass is 32.2. The first-order valence-electron chi connectivity index (χ1n) is 8.60. The number of nitrogens with zero attached hydrogens (tertiary/aromatic N) is 3. The summed E-state index contributed by atoms with van der Waals surface area (Å²) in [4.78, 5) is 8.88. The molecule has 0 N–H and O–H groups in total. The van der Waals surface area contributed by atoms with Gasteiger partial charge in [0, 0.05) is 13.1 Å². The fourth-order valence-electron chi connectivity index (χ4n) is 2.92. The molecule has 1 aromatic carbocycles. The van der Waals surface area contributed by atoms with E-state index in [4.69, 9.17) is 4.74 Å². The van der Waals surface area contributed by atoms with Crippen molar-refractivity contribution in [2.45, 2.75) is 30.2 Å². The SMILES string of the molecule is FC(F)(F)Oc1ccccc1SN1CCC(Oc2ncnc3ccsc23)CC1. The van der Waals surface area contributed by atoms with Crippen LogP contribution in [-0.4, -0.2) is 39.8 Å². The summed E-state index contributed by atoms with van der Waals surface area (Å²) in [6, 6.07) is 8.10. The number of para-hydroxylation sites is 1. The molecule has 0 spiro atoms. The van der Waals surface area contributed by atoms with Crippen molar-refractivity contribution in [1.82, 2.24) is 14.3 Å². The van der Waals surface area contributed by atoms with Crippen molar-refractivity contribution in [1.29, 1.82) is 0 Å². The van der Waals surface area contributed by atoms with Crippen LogP contribution >= 0.6 is 23.3 Å². The van der Waals surface area contributed by atoms with Crippen LogP contribution in [0.1, 0.15) is 12.8 Å². The fourth-order valence-corrected chi connectivity index (χ4v) is 4.71. The van der Waals surface area contributed by atoms with Crippen LogP contribution in [0.25, 0.3) is 10.2 Å². The van der Waals surface area contributed by atoms with Crippen molar-refractivity contribution in [3.63, 3.8) is 0 Å². The van der Waals surface area contributed by atoms with E-state index in [2.05, 4.69) is 14.7 Å². The molecule has 1 aliphatic heterocycles. The standard InChI is InChI=1S/C18H16F3N3O2S2/c19-18(20,21)26-14-3-1-2-4-15(14)28-24-8-5-12(6-9-24)25-17-16-13(7-10-27-16)22-11-23-17/h1-4,7,10-12H,5-6,8-9H2. The van der Waals surface area contributed by atoms with E-state index >= 15 is 0 Å². The van der Waals surface area contributed by atoms with E-state index < -0.39 is 6.36 Å². The van der Waals surface area contributed by atoms with Gasteiger partial charge in [0.1, 0.15) is 22.9 Å². The molecule has 3 heterocycles. The lowest BCUT2D eigenvalue weighted by molar-refractivity contribution is -0.275. The second-order valence-electron chi connectivity index (χ2n) is 6.15. The molecule has 1 saturated heterocycles. The molecule has 0 atom stereocenters. The zero-order valence-electron chi connectivity index (χ0n) is 14.6. The molecule has 1 fully saturated rings. The Hall–Kier alpha value is -2.04. The lowest BCUT2D eigenvalue weighted by Gasteiger charge is -2.31. The van der Waals surface area contributed by atoms with Crippen molar-refractivity contribution >= 4 is 33.5 Å². The quantitative estimate of drug-likeness (QED) is 0.526. The van der Waals surface area contributed by atoms with E-state index in [9.17, 15) is 13.2 Å². The average molecular weight is 427 g/mol. The van der Waals surface area contributed by atoms with Gasteiger partial charge in [-0.3, -0.25) is 0 Å². The summed E-state index contributed by atoms with van der Waals surface area (Å²) >= 11 is 2.81. The predicted octanol–water partition coefficient (Wildman–Crippen LogP) is 5.14. The monoisotopic (exact) mass is 427 g/mol. The van der Waals surface area contributed by atoms with Crippen molar-refractivity contribution < 1.29 is 22.6 Å². The van der Waals surface area contributed by atoms with Crippen LogP contribution in [-0.2, 0) is 0 Å². The Morgan fingerprint density at radius 2 is 1.89 bits per heavy atom. The van der Waals surface area contributed by atoms with Gasteiger partial charge in [-0.1, -0.05) is 12.1 Å². The predicted molar refractivity (Wildman–Crippen MR) is 102 cm³/mol. The number of piperidine rings is 1. The van der Waals surface area contributed by atoms with Gasteiger partial charge in [0.05, 0.1) is 10.4 Å². The number of hydrogen-bond acceptors (Lipinski definition) is 7. The van der Waals surface area contributed by atoms with Crippen molar-refractivity contribution in [2.75, 3.05) is 13.1 Å². The first kappa shape index (κ1) is 19.3. The maximum absolute atomic E-state index is 12.6. The van der Waals surface area contributed by atoms with Crippen LogP contribution in [0.5, 0.6) is 11.6 Å². The number of halogens is 3. The van der Waals surface area contributed by atoms with Gasteiger partial charge in [0.15, 0.2) is 0 Å². The average Bonchev–Trinajstić information content (AvgIpc) is 3.14. The van der Waals surface area contributed by atoms with Crippen molar-refractivity contribution in [3.8, 4) is 11.6 Å². The molecule has 0 radical (unpaired) electrons. The molecular formula is C18H16F3N3O2S2.